The molecule has 0 aliphatic rings. The van der Waals surface area contributed by atoms with Crippen LogP contribution < -0.4 is 15.6 Å². The smallest absolute Gasteiger partial charge is 0.266 e. The van der Waals surface area contributed by atoms with Gasteiger partial charge < -0.3 is 14.5 Å². The van der Waals surface area contributed by atoms with Gasteiger partial charge in [-0.05, 0) is 42.5 Å². The number of ether oxygens (including phenoxy) is 1. The molecule has 1 aromatic carbocycles. The number of amides is 1. The van der Waals surface area contributed by atoms with Crippen LogP contribution in [-0.2, 0) is 11.3 Å². The Kier molecular flexibility index (Phi) is 5.64. The van der Waals surface area contributed by atoms with Crippen molar-refractivity contribution in [3.63, 3.8) is 0 Å². The molecule has 0 saturated carbocycles. The van der Waals surface area contributed by atoms with Crippen LogP contribution in [0.3, 0.4) is 0 Å². The van der Waals surface area contributed by atoms with Crippen molar-refractivity contribution in [2.24, 2.45) is 0 Å². The molecule has 0 saturated heterocycles. The zero-order valence-electron chi connectivity index (χ0n) is 14.3. The normalized spacial score (nSPS) is 10.2. The summed E-state index contributed by atoms with van der Waals surface area (Å²) in [5.74, 6) is 0.728. The molecule has 0 fully saturated rings. The Labute approximate surface area is 154 Å². The van der Waals surface area contributed by atoms with Gasteiger partial charge in [0, 0.05) is 12.6 Å². The Balaban J connectivity index is 1.49. The topological polar surface area (TPSA) is 110 Å². The van der Waals surface area contributed by atoms with Gasteiger partial charge in [0.2, 0.25) is 0 Å². The van der Waals surface area contributed by atoms with Crippen molar-refractivity contribution >= 4 is 5.91 Å². The molecule has 3 rings (SSSR count). The number of rotatable bonds is 7. The van der Waals surface area contributed by atoms with Crippen LogP contribution in [0.5, 0.6) is 5.75 Å². The highest BCUT2D eigenvalue weighted by Crippen LogP contribution is 2.15. The third-order valence-corrected chi connectivity index (χ3v) is 3.64. The van der Waals surface area contributed by atoms with Crippen molar-refractivity contribution in [2.45, 2.75) is 6.54 Å². The van der Waals surface area contributed by atoms with Crippen LogP contribution >= 0.6 is 0 Å². The van der Waals surface area contributed by atoms with Crippen LogP contribution in [0.25, 0.3) is 11.5 Å². The van der Waals surface area contributed by atoms with Crippen LogP contribution in [0.2, 0.25) is 0 Å². The number of nitrogens with one attached hydrogen (secondary N) is 1. The number of hydrogen-bond donors (Lipinski definition) is 1. The van der Waals surface area contributed by atoms with E-state index in [4.69, 9.17) is 14.4 Å². The summed E-state index contributed by atoms with van der Waals surface area (Å²) >= 11 is 0. The van der Waals surface area contributed by atoms with Gasteiger partial charge in [-0.15, -0.1) is 0 Å². The van der Waals surface area contributed by atoms with Gasteiger partial charge >= 0.3 is 0 Å². The maximum absolute atomic E-state index is 11.9. The predicted molar refractivity (Wildman–Crippen MR) is 95.9 cm³/mol. The molecule has 3 aromatic rings. The van der Waals surface area contributed by atoms with Crippen molar-refractivity contribution in [2.75, 3.05) is 13.2 Å². The average Bonchev–Trinajstić information content (AvgIpc) is 3.23. The largest absolute Gasteiger partial charge is 0.484 e. The van der Waals surface area contributed by atoms with E-state index in [-0.39, 0.29) is 31.2 Å². The molecule has 27 heavy (non-hydrogen) atoms. The number of benzene rings is 1. The van der Waals surface area contributed by atoms with Crippen molar-refractivity contribution in [1.29, 1.82) is 5.26 Å². The van der Waals surface area contributed by atoms with Crippen molar-refractivity contribution in [3.8, 4) is 23.3 Å². The second-order valence-electron chi connectivity index (χ2n) is 5.53. The van der Waals surface area contributed by atoms with E-state index >= 15 is 0 Å². The lowest BCUT2D eigenvalue weighted by molar-refractivity contribution is -0.123. The number of furan rings is 1. The lowest BCUT2D eigenvalue weighted by Gasteiger charge is -2.09. The summed E-state index contributed by atoms with van der Waals surface area (Å²) in [5, 5.41) is 15.6. The van der Waals surface area contributed by atoms with E-state index in [1.807, 2.05) is 6.07 Å². The maximum Gasteiger partial charge on any atom is 0.266 e. The first-order valence-electron chi connectivity index (χ1n) is 8.17. The zero-order chi connectivity index (χ0) is 19.1. The van der Waals surface area contributed by atoms with Gasteiger partial charge in [-0.1, -0.05) is 0 Å². The molecule has 2 aromatic heterocycles. The lowest BCUT2D eigenvalue weighted by atomic mass is 10.2. The highest BCUT2D eigenvalue weighted by molar-refractivity contribution is 5.77. The molecule has 0 aliphatic heterocycles. The standard InChI is InChI=1S/C19H16N4O4/c20-12-14-3-5-15(6-4-14)27-13-18(24)21-9-10-23-19(25)8-7-16(22-23)17-2-1-11-26-17/h1-8,11H,9-10,13H2,(H,21,24). The fourth-order valence-electron chi connectivity index (χ4n) is 2.29. The van der Waals surface area contributed by atoms with Gasteiger partial charge in [0.25, 0.3) is 11.5 Å². The Hall–Kier alpha value is -3.86. The molecular weight excluding hydrogens is 348 g/mol. The summed E-state index contributed by atoms with van der Waals surface area (Å²) in [5.41, 5.74) is 0.782. The first-order chi connectivity index (χ1) is 13.2. The van der Waals surface area contributed by atoms with E-state index in [0.717, 1.165) is 0 Å². The number of hydrogen-bond acceptors (Lipinski definition) is 6. The summed E-state index contributed by atoms with van der Waals surface area (Å²) in [6.45, 7) is 0.279. The van der Waals surface area contributed by atoms with E-state index in [1.165, 1.54) is 17.0 Å². The number of carbonyl (C=O) groups excluding carboxylic acids is 1. The molecule has 136 valence electrons. The fourth-order valence-corrected chi connectivity index (χ4v) is 2.29. The second kappa shape index (κ2) is 8.49. The Morgan fingerprint density at radius 1 is 1.22 bits per heavy atom. The van der Waals surface area contributed by atoms with E-state index in [2.05, 4.69) is 10.4 Å². The van der Waals surface area contributed by atoms with Gasteiger partial charge in [-0.25, -0.2) is 4.68 Å². The quantitative estimate of drug-likeness (QED) is 0.681. The minimum absolute atomic E-state index is 0.166. The molecule has 0 aliphatic carbocycles. The van der Waals surface area contributed by atoms with Crippen LogP contribution in [-0.4, -0.2) is 28.8 Å². The Morgan fingerprint density at radius 2 is 2.04 bits per heavy atom. The summed E-state index contributed by atoms with van der Waals surface area (Å²) < 4.78 is 11.9. The lowest BCUT2D eigenvalue weighted by Crippen LogP contribution is -2.34. The first kappa shape index (κ1) is 17.9. The average molecular weight is 364 g/mol. The van der Waals surface area contributed by atoms with Crippen LogP contribution in [0.15, 0.2) is 64.0 Å². The number of nitrogens with zero attached hydrogens (tertiary/aromatic N) is 3. The van der Waals surface area contributed by atoms with E-state index in [0.29, 0.717) is 22.8 Å². The number of aromatic nitrogens is 2. The first-order valence-corrected chi connectivity index (χ1v) is 8.17. The minimum atomic E-state index is -0.324. The van der Waals surface area contributed by atoms with E-state index < -0.39 is 0 Å². The third kappa shape index (κ3) is 4.83. The predicted octanol–water partition coefficient (Wildman–Crippen LogP) is 1.57. The molecule has 0 bridgehead atoms. The molecule has 2 heterocycles. The van der Waals surface area contributed by atoms with E-state index in [9.17, 15) is 9.59 Å². The molecule has 0 unspecified atom stereocenters. The highest BCUT2D eigenvalue weighted by Gasteiger charge is 2.07. The highest BCUT2D eigenvalue weighted by atomic mass is 16.5. The SMILES string of the molecule is N#Cc1ccc(OCC(=O)NCCn2nc(-c3ccco3)ccc2=O)cc1. The minimum Gasteiger partial charge on any atom is -0.484 e. The monoisotopic (exact) mass is 364 g/mol. The maximum atomic E-state index is 11.9. The van der Waals surface area contributed by atoms with Crippen molar-refractivity contribution < 1.29 is 13.9 Å². The zero-order valence-corrected chi connectivity index (χ0v) is 14.3. The van der Waals surface area contributed by atoms with Gasteiger partial charge in [-0.3, -0.25) is 9.59 Å². The van der Waals surface area contributed by atoms with Gasteiger partial charge in [0.1, 0.15) is 11.4 Å². The molecule has 8 nitrogen and oxygen atoms in total. The molecule has 1 N–H and O–H groups in total. The third-order valence-electron chi connectivity index (χ3n) is 3.64. The molecule has 0 spiro atoms. The number of carbonyl (C=O) groups is 1. The number of nitriles is 1. The summed E-state index contributed by atoms with van der Waals surface area (Å²) in [7, 11) is 0. The van der Waals surface area contributed by atoms with Gasteiger partial charge in [0.05, 0.1) is 24.4 Å². The molecule has 1 amide bonds. The summed E-state index contributed by atoms with van der Waals surface area (Å²) in [4.78, 5) is 23.7. The van der Waals surface area contributed by atoms with Crippen molar-refractivity contribution in [3.05, 3.63) is 70.7 Å². The van der Waals surface area contributed by atoms with E-state index in [1.54, 1.807) is 42.5 Å². The second-order valence-corrected chi connectivity index (χ2v) is 5.53. The Morgan fingerprint density at radius 3 is 2.74 bits per heavy atom. The van der Waals surface area contributed by atoms with Crippen LogP contribution in [0.1, 0.15) is 5.56 Å². The molecule has 0 radical (unpaired) electrons. The van der Waals surface area contributed by atoms with Crippen LogP contribution in [0.4, 0.5) is 0 Å². The summed E-state index contributed by atoms with van der Waals surface area (Å²) in [6, 6.07) is 14.9. The van der Waals surface area contributed by atoms with Gasteiger partial charge in [0.15, 0.2) is 12.4 Å². The fraction of sp³-hybridized carbons (Fsp3) is 0.158. The van der Waals surface area contributed by atoms with Crippen molar-refractivity contribution in [1.82, 2.24) is 15.1 Å². The van der Waals surface area contributed by atoms with Gasteiger partial charge in [-0.2, -0.15) is 10.4 Å². The Bertz CT molecular complexity index is 1000. The molecule has 0 atom stereocenters. The summed E-state index contributed by atoms with van der Waals surface area (Å²) in [6.07, 6.45) is 1.53. The molecular formula is C19H16N4O4. The molecule has 8 heteroatoms. The van der Waals surface area contributed by atoms with Crippen LogP contribution in [0, 0.1) is 11.3 Å².